The highest BCUT2D eigenvalue weighted by atomic mass is 79.9. The van der Waals surface area contributed by atoms with Gasteiger partial charge in [-0.15, -0.1) is 0 Å². The van der Waals surface area contributed by atoms with Crippen LogP contribution >= 0.6 is 23.4 Å². The fraction of sp³-hybridized carbons (Fsp3) is 0.467. The van der Waals surface area contributed by atoms with Crippen LogP contribution < -0.4 is 10.6 Å². The number of aliphatic hydroxyl groups excluding tert-OH is 1. The molecule has 0 spiro atoms. The highest BCUT2D eigenvalue weighted by Gasteiger charge is 2.48. The van der Waals surface area contributed by atoms with Crippen LogP contribution in [0.15, 0.2) is 57.0 Å². The lowest BCUT2D eigenvalue weighted by Crippen LogP contribution is -2.43. The third kappa shape index (κ3) is 7.59. The third-order valence-corrected chi connectivity index (χ3v) is 11.0. The van der Waals surface area contributed by atoms with Gasteiger partial charge in [0.2, 0.25) is 0 Å². The van der Waals surface area contributed by atoms with Crippen LogP contribution in [0.25, 0.3) is 0 Å². The number of sulfone groups is 1. The van der Waals surface area contributed by atoms with Crippen LogP contribution in [0.4, 0.5) is 10.1 Å². The molecule has 0 aliphatic carbocycles. The first kappa shape index (κ1) is 33.4. The van der Waals surface area contributed by atoms with E-state index in [2.05, 4.69) is 26.0 Å². The fourth-order valence-electron chi connectivity index (χ4n) is 5.42. The van der Waals surface area contributed by atoms with E-state index >= 15 is 0 Å². The van der Waals surface area contributed by atoms with Crippen LogP contribution in [0, 0.1) is 11.2 Å². The van der Waals surface area contributed by atoms with Crippen LogP contribution in [-0.2, 0) is 36.7 Å². The quantitative estimate of drug-likeness (QED) is 0.209. The Morgan fingerprint density at radius 2 is 1.84 bits per heavy atom. The predicted octanol–water partition coefficient (Wildman–Crippen LogP) is 6.29. The summed E-state index contributed by atoms with van der Waals surface area (Å²) in [5.41, 5.74) is 1.37. The van der Waals surface area contributed by atoms with Crippen LogP contribution in [-0.4, -0.2) is 54.8 Å². The molecule has 0 aromatic heterocycles. The van der Waals surface area contributed by atoms with Crippen LogP contribution in [0.5, 0.6) is 0 Å². The molecule has 1 unspecified atom stereocenters. The number of hydrogen-bond acceptors (Lipinski definition) is 7. The maximum Gasteiger partial charge on any atom is 0.348 e. The van der Waals surface area contributed by atoms with Gasteiger partial charge in [0.15, 0.2) is 5.84 Å². The van der Waals surface area contributed by atoms with Crippen LogP contribution in [0.2, 0.25) is 0 Å². The lowest BCUT2D eigenvalue weighted by Gasteiger charge is -2.35. The molecule has 0 radical (unpaired) electrons. The molecule has 0 saturated carbocycles. The Morgan fingerprint density at radius 1 is 1.14 bits per heavy atom. The van der Waals surface area contributed by atoms with Gasteiger partial charge in [-0.25, -0.2) is 12.8 Å². The molecule has 0 fully saturated rings. The van der Waals surface area contributed by atoms with Gasteiger partial charge in [0, 0.05) is 18.6 Å². The van der Waals surface area contributed by atoms with Crippen molar-refractivity contribution in [3.8, 4) is 0 Å². The number of benzene rings is 2. The SMILES string of the molecule is CCOP1(=O)N=C(C2=C(O)[C@H](C(C)(C)C)N(Cc3ccc(F)c(Br)c3)C2=O)Nc2ccc(CCCCCS(C)(=O)=O)cc21. The minimum Gasteiger partial charge on any atom is -0.509 e. The summed E-state index contributed by atoms with van der Waals surface area (Å²) in [6.45, 7) is 7.62. The third-order valence-electron chi connectivity index (χ3n) is 7.33. The molecule has 234 valence electrons. The number of halogens is 2. The molecule has 2 aromatic rings. The maximum atomic E-state index is 14.2. The number of anilines is 1. The molecule has 2 aromatic carbocycles. The molecule has 2 N–H and O–H groups in total. The fourth-order valence-corrected chi connectivity index (χ4v) is 8.41. The van der Waals surface area contributed by atoms with Gasteiger partial charge in [0.25, 0.3) is 5.91 Å². The number of aryl methyl sites for hydroxylation is 1. The molecule has 0 saturated heterocycles. The van der Waals surface area contributed by atoms with Crippen molar-refractivity contribution in [2.45, 2.75) is 66.0 Å². The molecule has 0 bridgehead atoms. The number of fused-ring (bicyclic) bond motifs is 1. The number of unbranched alkanes of at least 4 members (excludes halogenated alkanes) is 2. The second-order valence-electron chi connectivity index (χ2n) is 12.0. The molecule has 4 rings (SSSR count). The average molecular weight is 699 g/mol. The lowest BCUT2D eigenvalue weighted by atomic mass is 9.85. The standard InChI is InChI=1S/C30H38BrFN3O6PS/c1-6-41-42(38)24-17-19(10-8-7-9-15-43(5,39)40)12-14-23(24)33-28(34-42)25-26(36)27(30(2,3)4)35(29(25)37)18-20-11-13-22(32)21(31)16-20/h11-14,16-17,27,36H,6-10,15,18H2,1-5H3,(H,33,34,38)/t27-,42?/m1/s1. The van der Waals surface area contributed by atoms with E-state index in [0.29, 0.717) is 29.4 Å². The molecule has 2 aliphatic rings. The molecular weight excluding hydrogens is 660 g/mol. The zero-order valence-electron chi connectivity index (χ0n) is 25.0. The summed E-state index contributed by atoms with van der Waals surface area (Å²) in [5.74, 6) is -0.998. The number of carbonyl (C=O) groups is 1. The van der Waals surface area contributed by atoms with Crippen LogP contribution in [0.1, 0.15) is 58.1 Å². The molecule has 43 heavy (non-hydrogen) atoms. The van der Waals surface area contributed by atoms with Gasteiger partial charge in [-0.05, 0) is 82.9 Å². The van der Waals surface area contributed by atoms with Crippen LogP contribution in [0.3, 0.4) is 0 Å². The number of nitrogens with one attached hydrogen (secondary N) is 1. The van der Waals surface area contributed by atoms with Crippen molar-refractivity contribution in [3.05, 3.63) is 69.1 Å². The first-order valence-corrected chi connectivity index (χ1v) is 18.6. The number of hydrogen-bond donors (Lipinski definition) is 2. The Labute approximate surface area is 261 Å². The van der Waals surface area contributed by atoms with Gasteiger partial charge in [0.05, 0.1) is 28.1 Å². The van der Waals surface area contributed by atoms with Crippen molar-refractivity contribution in [1.82, 2.24) is 4.90 Å². The summed E-state index contributed by atoms with van der Waals surface area (Å²) < 4.78 is 61.3. The highest BCUT2D eigenvalue weighted by Crippen LogP contribution is 2.53. The summed E-state index contributed by atoms with van der Waals surface area (Å²) in [4.78, 5) is 15.4. The Kier molecular flexibility index (Phi) is 9.96. The van der Waals surface area contributed by atoms with E-state index in [4.69, 9.17) is 4.52 Å². The number of aliphatic hydroxyl groups is 1. The van der Waals surface area contributed by atoms with Gasteiger partial charge < -0.3 is 19.8 Å². The second kappa shape index (κ2) is 12.8. The Morgan fingerprint density at radius 3 is 2.47 bits per heavy atom. The predicted molar refractivity (Wildman–Crippen MR) is 171 cm³/mol. The maximum absolute atomic E-state index is 14.2. The van der Waals surface area contributed by atoms with Crippen molar-refractivity contribution < 1.29 is 31.8 Å². The Balaban J connectivity index is 1.64. The van der Waals surface area contributed by atoms with E-state index < -0.39 is 40.5 Å². The summed E-state index contributed by atoms with van der Waals surface area (Å²) >= 11 is 3.19. The minimum absolute atomic E-state index is 0.0302. The second-order valence-corrected chi connectivity index (χ2v) is 17.1. The smallest absolute Gasteiger partial charge is 0.348 e. The molecule has 2 aliphatic heterocycles. The minimum atomic E-state index is -3.84. The zero-order chi connectivity index (χ0) is 31.7. The number of amidine groups is 1. The van der Waals surface area contributed by atoms with Gasteiger partial charge in [-0.2, -0.15) is 4.76 Å². The molecule has 9 nitrogen and oxygen atoms in total. The number of rotatable bonds is 11. The largest absolute Gasteiger partial charge is 0.509 e. The monoisotopic (exact) mass is 697 g/mol. The number of amides is 1. The summed E-state index contributed by atoms with van der Waals surface area (Å²) in [6, 6.07) is 9.18. The van der Waals surface area contributed by atoms with Crippen molar-refractivity contribution >= 4 is 56.0 Å². The van der Waals surface area contributed by atoms with E-state index in [9.17, 15) is 27.3 Å². The van der Waals surface area contributed by atoms with E-state index in [1.54, 1.807) is 31.2 Å². The van der Waals surface area contributed by atoms with Gasteiger partial charge in [-0.3, -0.25) is 9.36 Å². The zero-order valence-corrected chi connectivity index (χ0v) is 28.3. The van der Waals surface area contributed by atoms with E-state index in [-0.39, 0.29) is 40.5 Å². The van der Waals surface area contributed by atoms with Crippen molar-refractivity contribution in [2.24, 2.45) is 10.2 Å². The normalized spacial score (nSPS) is 20.7. The molecule has 13 heteroatoms. The summed E-state index contributed by atoms with van der Waals surface area (Å²) in [5, 5.41) is 15.0. The van der Waals surface area contributed by atoms with Crippen molar-refractivity contribution in [3.63, 3.8) is 0 Å². The Bertz CT molecular complexity index is 1640. The first-order valence-electron chi connectivity index (χ1n) is 14.2. The van der Waals surface area contributed by atoms with Crippen molar-refractivity contribution in [1.29, 1.82) is 0 Å². The highest BCUT2D eigenvalue weighted by molar-refractivity contribution is 9.10. The lowest BCUT2D eigenvalue weighted by molar-refractivity contribution is -0.129. The number of nitrogens with zero attached hydrogens (tertiary/aromatic N) is 2. The van der Waals surface area contributed by atoms with Gasteiger partial charge in [-0.1, -0.05) is 39.3 Å². The van der Waals surface area contributed by atoms with E-state index in [0.717, 1.165) is 18.4 Å². The van der Waals surface area contributed by atoms with Crippen molar-refractivity contribution in [2.75, 3.05) is 23.9 Å². The Hall–Kier alpha value is -2.53. The summed E-state index contributed by atoms with van der Waals surface area (Å²) in [6.07, 6.45) is 3.96. The van der Waals surface area contributed by atoms with Gasteiger partial charge >= 0.3 is 7.52 Å². The molecule has 2 atom stereocenters. The topological polar surface area (TPSA) is 125 Å². The number of carbonyl (C=O) groups excluding carboxylic acids is 1. The van der Waals surface area contributed by atoms with E-state index in [1.807, 2.05) is 26.8 Å². The molecule has 2 heterocycles. The first-order chi connectivity index (χ1) is 20.0. The van der Waals surface area contributed by atoms with Gasteiger partial charge in [0.1, 0.15) is 27.0 Å². The molecular formula is C30H38BrFN3O6PS. The average Bonchev–Trinajstić information content (AvgIpc) is 3.14. The van der Waals surface area contributed by atoms with E-state index in [1.165, 1.54) is 17.2 Å². The molecule has 1 amide bonds. The summed E-state index contributed by atoms with van der Waals surface area (Å²) in [7, 11) is -6.83.